The molecule has 1 aliphatic rings. The number of fused-ring (bicyclic) bond motifs is 1. The van der Waals surface area contributed by atoms with Crippen LogP contribution < -0.4 is 5.32 Å². The zero-order valence-corrected chi connectivity index (χ0v) is 11.4. The molecule has 0 radical (unpaired) electrons. The van der Waals surface area contributed by atoms with Gasteiger partial charge >= 0.3 is 0 Å². The van der Waals surface area contributed by atoms with Gasteiger partial charge in [0.15, 0.2) is 0 Å². The van der Waals surface area contributed by atoms with Crippen LogP contribution >= 0.6 is 0 Å². The van der Waals surface area contributed by atoms with Crippen molar-refractivity contribution < 1.29 is 4.79 Å². The minimum Gasteiger partial charge on any atom is -0.356 e. The molecule has 1 aliphatic carbocycles. The lowest BCUT2D eigenvalue weighted by Crippen LogP contribution is -2.24. The van der Waals surface area contributed by atoms with Crippen LogP contribution in [0.2, 0.25) is 0 Å². The van der Waals surface area contributed by atoms with Gasteiger partial charge in [-0.15, -0.1) is 0 Å². The van der Waals surface area contributed by atoms with Gasteiger partial charge in [-0.05, 0) is 29.9 Å². The number of amides is 1. The maximum absolute atomic E-state index is 11.3. The van der Waals surface area contributed by atoms with Crippen LogP contribution in [-0.2, 0) is 11.8 Å². The van der Waals surface area contributed by atoms with Gasteiger partial charge in [-0.2, -0.15) is 5.10 Å². The van der Waals surface area contributed by atoms with E-state index >= 15 is 0 Å². The van der Waals surface area contributed by atoms with E-state index in [4.69, 9.17) is 0 Å². The molecule has 0 aliphatic heterocycles. The zero-order chi connectivity index (χ0) is 13.4. The summed E-state index contributed by atoms with van der Waals surface area (Å²) in [6.45, 7) is 2.68. The quantitative estimate of drug-likeness (QED) is 0.912. The summed E-state index contributed by atoms with van der Waals surface area (Å²) < 4.78 is 1.87. The normalized spacial score (nSPS) is 21.6. The Kier molecular flexibility index (Phi) is 3.01. The highest BCUT2D eigenvalue weighted by Crippen LogP contribution is 2.48. The molecule has 1 amide bonds. The summed E-state index contributed by atoms with van der Waals surface area (Å²) >= 11 is 0. The molecule has 1 aromatic heterocycles. The second-order valence-electron chi connectivity index (χ2n) is 5.34. The summed E-state index contributed by atoms with van der Waals surface area (Å²) in [7, 11) is 1.95. The molecular weight excluding hydrogens is 238 g/mol. The van der Waals surface area contributed by atoms with Crippen LogP contribution in [0, 0.1) is 5.92 Å². The molecule has 1 heterocycles. The molecule has 19 heavy (non-hydrogen) atoms. The van der Waals surface area contributed by atoms with Crippen LogP contribution in [0.1, 0.15) is 31.2 Å². The number of hydrogen-bond acceptors (Lipinski definition) is 2. The van der Waals surface area contributed by atoms with Gasteiger partial charge < -0.3 is 5.32 Å². The van der Waals surface area contributed by atoms with Crippen molar-refractivity contribution in [3.63, 3.8) is 0 Å². The molecule has 0 saturated heterocycles. The van der Waals surface area contributed by atoms with E-state index in [1.807, 2.05) is 18.7 Å². The number of benzene rings is 1. The lowest BCUT2D eigenvalue weighted by atomic mass is 10.0. The van der Waals surface area contributed by atoms with Gasteiger partial charge in [-0.1, -0.05) is 19.1 Å². The predicted molar refractivity (Wildman–Crippen MR) is 74.9 cm³/mol. The number of aryl methyl sites for hydroxylation is 1. The SMILES string of the molecule is CCC(=O)NCC1CC1c1cccc2nn(C)cc12. The lowest BCUT2D eigenvalue weighted by Gasteiger charge is -2.04. The molecular formula is C15H19N3O. The number of hydrogen-bond donors (Lipinski definition) is 1. The second kappa shape index (κ2) is 4.68. The molecule has 3 rings (SSSR count). The van der Waals surface area contributed by atoms with Gasteiger partial charge in [-0.3, -0.25) is 9.48 Å². The minimum atomic E-state index is 0.144. The molecule has 4 nitrogen and oxygen atoms in total. The van der Waals surface area contributed by atoms with Gasteiger partial charge in [0.2, 0.25) is 5.91 Å². The third-order valence-corrected chi connectivity index (χ3v) is 3.90. The standard InChI is InChI=1S/C15H19N3O/c1-3-15(19)16-8-10-7-12(10)11-5-4-6-14-13(11)9-18(2)17-14/h4-6,9-10,12H,3,7-8H2,1-2H3,(H,16,19). The summed E-state index contributed by atoms with van der Waals surface area (Å²) in [6, 6.07) is 6.32. The molecule has 1 fully saturated rings. The summed E-state index contributed by atoms with van der Waals surface area (Å²) in [6.07, 6.45) is 3.82. The van der Waals surface area contributed by atoms with Crippen LogP contribution in [0.3, 0.4) is 0 Å². The van der Waals surface area contributed by atoms with Crippen LogP contribution in [0.15, 0.2) is 24.4 Å². The van der Waals surface area contributed by atoms with Gasteiger partial charge in [-0.25, -0.2) is 0 Å². The number of nitrogens with one attached hydrogen (secondary N) is 1. The molecule has 2 aromatic rings. The van der Waals surface area contributed by atoms with E-state index in [-0.39, 0.29) is 5.91 Å². The summed E-state index contributed by atoms with van der Waals surface area (Å²) in [5.74, 6) is 1.30. The molecule has 0 bridgehead atoms. The van der Waals surface area contributed by atoms with Gasteiger partial charge in [0.05, 0.1) is 5.52 Å². The number of carbonyl (C=O) groups is 1. The fourth-order valence-corrected chi connectivity index (χ4v) is 2.73. The maximum atomic E-state index is 11.3. The first-order valence-electron chi connectivity index (χ1n) is 6.88. The van der Waals surface area contributed by atoms with Crippen LogP contribution in [0.4, 0.5) is 0 Å². The second-order valence-corrected chi connectivity index (χ2v) is 5.34. The smallest absolute Gasteiger partial charge is 0.219 e. The third-order valence-electron chi connectivity index (χ3n) is 3.90. The van der Waals surface area contributed by atoms with Crippen LogP contribution in [-0.4, -0.2) is 22.2 Å². The Labute approximate surface area is 112 Å². The van der Waals surface area contributed by atoms with E-state index in [0.717, 1.165) is 18.5 Å². The topological polar surface area (TPSA) is 46.9 Å². The summed E-state index contributed by atoms with van der Waals surface area (Å²) in [4.78, 5) is 11.3. The van der Waals surface area contributed by atoms with Gasteiger partial charge in [0.1, 0.15) is 0 Å². The molecule has 0 spiro atoms. The Hall–Kier alpha value is -1.84. The number of rotatable bonds is 4. The number of nitrogens with zero attached hydrogens (tertiary/aromatic N) is 2. The van der Waals surface area contributed by atoms with E-state index < -0.39 is 0 Å². The zero-order valence-electron chi connectivity index (χ0n) is 11.4. The van der Waals surface area contributed by atoms with Crippen LogP contribution in [0.5, 0.6) is 0 Å². The third kappa shape index (κ3) is 2.35. The van der Waals surface area contributed by atoms with E-state index in [1.54, 1.807) is 0 Å². The van der Waals surface area contributed by atoms with E-state index in [2.05, 4.69) is 34.8 Å². The molecule has 1 saturated carbocycles. The van der Waals surface area contributed by atoms with E-state index in [0.29, 0.717) is 18.3 Å². The first-order valence-corrected chi connectivity index (χ1v) is 6.88. The highest BCUT2D eigenvalue weighted by molar-refractivity contribution is 5.83. The highest BCUT2D eigenvalue weighted by Gasteiger charge is 2.39. The van der Waals surface area contributed by atoms with Crippen molar-refractivity contribution in [3.05, 3.63) is 30.0 Å². The number of aromatic nitrogens is 2. The Morgan fingerprint density at radius 1 is 1.53 bits per heavy atom. The predicted octanol–water partition coefficient (Wildman–Crippen LogP) is 2.20. The number of carbonyl (C=O) groups excluding carboxylic acids is 1. The molecule has 100 valence electrons. The van der Waals surface area contributed by atoms with Gasteiger partial charge in [0.25, 0.3) is 0 Å². The lowest BCUT2D eigenvalue weighted by molar-refractivity contribution is -0.120. The highest BCUT2D eigenvalue weighted by atomic mass is 16.1. The molecule has 2 atom stereocenters. The molecule has 1 N–H and O–H groups in total. The Morgan fingerprint density at radius 3 is 3.16 bits per heavy atom. The molecule has 2 unspecified atom stereocenters. The monoisotopic (exact) mass is 257 g/mol. The van der Waals surface area contributed by atoms with Gasteiger partial charge in [0, 0.05) is 31.6 Å². The Morgan fingerprint density at radius 2 is 2.37 bits per heavy atom. The first kappa shape index (κ1) is 12.2. The van der Waals surface area contributed by atoms with Crippen molar-refractivity contribution >= 4 is 16.8 Å². The van der Waals surface area contributed by atoms with Crippen molar-refractivity contribution in [2.24, 2.45) is 13.0 Å². The van der Waals surface area contributed by atoms with Crippen molar-refractivity contribution in [1.29, 1.82) is 0 Å². The first-order chi connectivity index (χ1) is 9.19. The van der Waals surface area contributed by atoms with Crippen LogP contribution in [0.25, 0.3) is 10.9 Å². The van der Waals surface area contributed by atoms with Crippen molar-refractivity contribution in [1.82, 2.24) is 15.1 Å². The molecule has 1 aromatic carbocycles. The Bertz CT molecular complexity index is 617. The average molecular weight is 257 g/mol. The average Bonchev–Trinajstić information content (AvgIpc) is 3.07. The summed E-state index contributed by atoms with van der Waals surface area (Å²) in [5.41, 5.74) is 2.43. The maximum Gasteiger partial charge on any atom is 0.219 e. The van der Waals surface area contributed by atoms with Crippen molar-refractivity contribution in [3.8, 4) is 0 Å². The Balaban J connectivity index is 1.74. The summed E-state index contributed by atoms with van der Waals surface area (Å²) in [5, 5.41) is 8.68. The fourth-order valence-electron chi connectivity index (χ4n) is 2.73. The molecule has 4 heteroatoms. The fraction of sp³-hybridized carbons (Fsp3) is 0.467. The van der Waals surface area contributed by atoms with Crippen molar-refractivity contribution in [2.75, 3.05) is 6.54 Å². The van der Waals surface area contributed by atoms with E-state index in [9.17, 15) is 4.79 Å². The largest absolute Gasteiger partial charge is 0.356 e. The minimum absolute atomic E-state index is 0.144. The van der Waals surface area contributed by atoms with Crippen molar-refractivity contribution in [2.45, 2.75) is 25.7 Å². The van der Waals surface area contributed by atoms with E-state index in [1.165, 1.54) is 10.9 Å².